The van der Waals surface area contributed by atoms with Crippen molar-refractivity contribution < 1.29 is 10.2 Å². The molecule has 2 heteroatoms. The second-order valence-corrected chi connectivity index (χ2v) is 6.03. The maximum Gasteiger partial charge on any atom is 0.0626 e. The number of hydrogen-bond donors (Lipinski definition) is 2. The van der Waals surface area contributed by atoms with Gasteiger partial charge in [0.2, 0.25) is 0 Å². The fraction of sp³-hybridized carbons (Fsp3) is 0.846. The molecule has 0 aromatic carbocycles. The molecule has 3 rings (SSSR count). The lowest BCUT2D eigenvalue weighted by Crippen LogP contribution is -2.53. The van der Waals surface area contributed by atoms with Crippen LogP contribution in [0.5, 0.6) is 0 Å². The average Bonchev–Trinajstić information content (AvgIpc) is 2.17. The van der Waals surface area contributed by atoms with E-state index in [1.54, 1.807) is 0 Å². The minimum Gasteiger partial charge on any atom is -0.396 e. The molecule has 2 N–H and O–H groups in total. The zero-order valence-corrected chi connectivity index (χ0v) is 9.79. The summed E-state index contributed by atoms with van der Waals surface area (Å²) in [6.07, 6.45) is 4.10. The average molecular weight is 210 g/mol. The van der Waals surface area contributed by atoms with Crippen LogP contribution in [-0.2, 0) is 0 Å². The Morgan fingerprint density at radius 2 is 2.20 bits per heavy atom. The molecule has 3 fully saturated rings. The first-order valence-corrected chi connectivity index (χ1v) is 5.90. The summed E-state index contributed by atoms with van der Waals surface area (Å²) < 4.78 is 0. The molecule has 0 radical (unpaired) electrons. The van der Waals surface area contributed by atoms with Crippen LogP contribution in [0.1, 0.15) is 39.5 Å². The summed E-state index contributed by atoms with van der Waals surface area (Å²) in [5.41, 5.74) is 0.516. The summed E-state index contributed by atoms with van der Waals surface area (Å²) in [7, 11) is 0. The maximum atomic E-state index is 10.2. The fourth-order valence-electron chi connectivity index (χ4n) is 3.75. The van der Waals surface area contributed by atoms with Gasteiger partial charge in [0.25, 0.3) is 0 Å². The third kappa shape index (κ3) is 1.64. The SMILES string of the molecule is C=C1C[C@]2(CO)CC[C@@H]1C[C@H]2C(C)(C)O. The molecule has 86 valence electrons. The van der Waals surface area contributed by atoms with Gasteiger partial charge in [0.05, 0.1) is 5.60 Å². The molecule has 0 saturated heterocycles. The van der Waals surface area contributed by atoms with Gasteiger partial charge in [0, 0.05) is 12.0 Å². The molecule has 0 amide bonds. The van der Waals surface area contributed by atoms with Crippen LogP contribution in [0.2, 0.25) is 0 Å². The molecule has 0 aromatic rings. The summed E-state index contributed by atoms with van der Waals surface area (Å²) >= 11 is 0. The van der Waals surface area contributed by atoms with Gasteiger partial charge in [-0.3, -0.25) is 0 Å². The van der Waals surface area contributed by atoms with Gasteiger partial charge in [0.1, 0.15) is 0 Å². The fourth-order valence-corrected chi connectivity index (χ4v) is 3.75. The lowest BCUT2D eigenvalue weighted by atomic mass is 9.50. The van der Waals surface area contributed by atoms with Gasteiger partial charge in [0.15, 0.2) is 0 Å². The van der Waals surface area contributed by atoms with Crippen LogP contribution < -0.4 is 0 Å². The van der Waals surface area contributed by atoms with E-state index in [1.807, 2.05) is 13.8 Å². The summed E-state index contributed by atoms with van der Waals surface area (Å²) in [6, 6.07) is 0. The van der Waals surface area contributed by atoms with Gasteiger partial charge in [-0.2, -0.15) is 0 Å². The molecule has 3 atom stereocenters. The predicted octanol–water partition coefficient (Wildman–Crippen LogP) is 2.11. The van der Waals surface area contributed by atoms with E-state index in [1.165, 1.54) is 5.57 Å². The van der Waals surface area contributed by atoms with Crippen LogP contribution in [0.15, 0.2) is 12.2 Å². The molecule has 2 bridgehead atoms. The lowest BCUT2D eigenvalue weighted by molar-refractivity contribution is -0.118. The number of fused-ring (bicyclic) bond motifs is 3. The molecule has 0 unspecified atom stereocenters. The van der Waals surface area contributed by atoms with Crippen LogP contribution in [0.3, 0.4) is 0 Å². The summed E-state index contributed by atoms with van der Waals surface area (Å²) in [6.45, 7) is 8.05. The van der Waals surface area contributed by atoms with Crippen molar-refractivity contribution >= 4 is 0 Å². The second kappa shape index (κ2) is 3.33. The van der Waals surface area contributed by atoms with Gasteiger partial charge in [-0.25, -0.2) is 0 Å². The summed E-state index contributed by atoms with van der Waals surface area (Å²) in [5.74, 6) is 0.800. The first-order chi connectivity index (χ1) is 6.89. The second-order valence-electron chi connectivity index (χ2n) is 6.03. The minimum absolute atomic E-state index is 0.0932. The molecule has 0 aromatic heterocycles. The number of hydrogen-bond acceptors (Lipinski definition) is 2. The molecule has 3 aliphatic rings. The Morgan fingerprint density at radius 3 is 2.67 bits per heavy atom. The van der Waals surface area contributed by atoms with E-state index in [2.05, 4.69) is 6.58 Å². The van der Waals surface area contributed by atoms with Crippen LogP contribution in [0.25, 0.3) is 0 Å². The molecule has 15 heavy (non-hydrogen) atoms. The van der Waals surface area contributed by atoms with Crippen LogP contribution in [0, 0.1) is 17.3 Å². The molecule has 0 spiro atoms. The molecule has 3 saturated carbocycles. The first kappa shape index (κ1) is 11.2. The third-order valence-corrected chi connectivity index (χ3v) is 4.57. The highest BCUT2D eigenvalue weighted by atomic mass is 16.3. The standard InChI is InChI=1S/C13H22O2/c1-9-7-13(8-14)5-4-10(9)6-11(13)12(2,3)15/h10-11,14-15H,1,4-8H2,2-3H3/t10-,11+,13+/m1/s1. The van der Waals surface area contributed by atoms with E-state index in [4.69, 9.17) is 0 Å². The zero-order chi connectivity index (χ0) is 11.3. The number of aliphatic hydroxyl groups is 2. The van der Waals surface area contributed by atoms with Crippen LogP contribution >= 0.6 is 0 Å². The highest BCUT2D eigenvalue weighted by Gasteiger charge is 2.53. The van der Waals surface area contributed by atoms with Crippen molar-refractivity contribution in [2.24, 2.45) is 17.3 Å². The molecule has 0 aliphatic heterocycles. The Hall–Kier alpha value is -0.340. The van der Waals surface area contributed by atoms with Crippen molar-refractivity contribution in [3.63, 3.8) is 0 Å². The Kier molecular flexibility index (Phi) is 2.47. The molecule has 2 nitrogen and oxygen atoms in total. The van der Waals surface area contributed by atoms with Crippen molar-refractivity contribution in [2.45, 2.75) is 45.1 Å². The molecule has 0 heterocycles. The quantitative estimate of drug-likeness (QED) is 0.685. The van der Waals surface area contributed by atoms with Gasteiger partial charge in [-0.15, -0.1) is 0 Å². The highest BCUT2D eigenvalue weighted by molar-refractivity contribution is 5.18. The Morgan fingerprint density at radius 1 is 1.53 bits per heavy atom. The van der Waals surface area contributed by atoms with E-state index >= 15 is 0 Å². The van der Waals surface area contributed by atoms with E-state index in [0.29, 0.717) is 5.92 Å². The normalized spacial score (nSPS) is 40.9. The van der Waals surface area contributed by atoms with E-state index in [9.17, 15) is 10.2 Å². The van der Waals surface area contributed by atoms with Crippen molar-refractivity contribution in [1.29, 1.82) is 0 Å². The largest absolute Gasteiger partial charge is 0.396 e. The molecular weight excluding hydrogens is 188 g/mol. The molecule has 3 aliphatic carbocycles. The van der Waals surface area contributed by atoms with Crippen molar-refractivity contribution in [1.82, 2.24) is 0 Å². The predicted molar refractivity (Wildman–Crippen MR) is 60.4 cm³/mol. The van der Waals surface area contributed by atoms with Crippen LogP contribution in [0.4, 0.5) is 0 Å². The lowest BCUT2D eigenvalue weighted by Gasteiger charge is -2.56. The molecular formula is C13H22O2. The zero-order valence-electron chi connectivity index (χ0n) is 9.79. The van der Waals surface area contributed by atoms with Crippen LogP contribution in [-0.4, -0.2) is 22.4 Å². The number of rotatable bonds is 2. The van der Waals surface area contributed by atoms with Crippen molar-refractivity contribution in [3.05, 3.63) is 12.2 Å². The maximum absolute atomic E-state index is 10.2. The van der Waals surface area contributed by atoms with E-state index < -0.39 is 5.60 Å². The van der Waals surface area contributed by atoms with E-state index in [0.717, 1.165) is 25.7 Å². The summed E-state index contributed by atoms with van der Waals surface area (Å²) in [4.78, 5) is 0. The number of allylic oxidation sites excluding steroid dienone is 1. The van der Waals surface area contributed by atoms with Crippen molar-refractivity contribution in [2.75, 3.05) is 6.61 Å². The van der Waals surface area contributed by atoms with Crippen molar-refractivity contribution in [3.8, 4) is 0 Å². The summed E-state index contributed by atoms with van der Waals surface area (Å²) in [5, 5.41) is 19.9. The third-order valence-electron chi connectivity index (χ3n) is 4.57. The van der Waals surface area contributed by atoms with E-state index in [-0.39, 0.29) is 17.9 Å². The van der Waals surface area contributed by atoms with Gasteiger partial charge in [-0.1, -0.05) is 12.2 Å². The number of aliphatic hydroxyl groups excluding tert-OH is 1. The van der Waals surface area contributed by atoms with Gasteiger partial charge in [-0.05, 0) is 51.4 Å². The van der Waals surface area contributed by atoms with Gasteiger partial charge >= 0.3 is 0 Å². The smallest absolute Gasteiger partial charge is 0.0626 e. The Bertz CT molecular complexity index is 277. The highest BCUT2D eigenvalue weighted by Crippen LogP contribution is 2.58. The Labute approximate surface area is 92.0 Å². The first-order valence-electron chi connectivity index (χ1n) is 5.90. The monoisotopic (exact) mass is 210 g/mol. The minimum atomic E-state index is -0.678. The Balaban J connectivity index is 2.31. The topological polar surface area (TPSA) is 40.5 Å². The van der Waals surface area contributed by atoms with Gasteiger partial charge < -0.3 is 10.2 Å².